The van der Waals surface area contributed by atoms with Gasteiger partial charge >= 0.3 is 0 Å². The molecule has 0 N–H and O–H groups in total. The molecule has 1 aromatic heterocycles. The minimum Gasteiger partial charge on any atom is -0.492 e. The smallest absolute Gasteiger partial charge is 0.137 e. The van der Waals surface area contributed by atoms with E-state index in [0.29, 0.717) is 12.7 Å². The van der Waals surface area contributed by atoms with Gasteiger partial charge < -0.3 is 9.47 Å². The molecule has 1 aliphatic rings. The van der Waals surface area contributed by atoms with Gasteiger partial charge in [0, 0.05) is 13.0 Å². The van der Waals surface area contributed by atoms with Crippen LogP contribution in [0.2, 0.25) is 0 Å². The minimum atomic E-state index is 0.397. The van der Waals surface area contributed by atoms with Crippen LogP contribution in [0.5, 0.6) is 5.75 Å². The number of rotatable bonds is 4. The van der Waals surface area contributed by atoms with Gasteiger partial charge in [-0.1, -0.05) is 0 Å². The van der Waals surface area contributed by atoms with E-state index in [1.54, 1.807) is 6.20 Å². The van der Waals surface area contributed by atoms with E-state index < -0.39 is 0 Å². The van der Waals surface area contributed by atoms with Crippen molar-refractivity contribution in [2.45, 2.75) is 25.4 Å². The summed E-state index contributed by atoms with van der Waals surface area (Å²) in [5, 5.41) is 0. The first kappa shape index (κ1) is 10.9. The van der Waals surface area contributed by atoms with Crippen molar-refractivity contribution in [2.24, 2.45) is 0 Å². The first-order valence-electron chi connectivity index (χ1n) is 5.20. The Kier molecular flexibility index (Phi) is 3.97. The topological polar surface area (TPSA) is 31.4 Å². The molecule has 1 saturated heterocycles. The Balaban J connectivity index is 1.71. The molecule has 1 aromatic rings. The molecule has 3 nitrogen and oxygen atoms in total. The lowest BCUT2D eigenvalue weighted by Crippen LogP contribution is -2.10. The highest BCUT2D eigenvalue weighted by Crippen LogP contribution is 2.17. The van der Waals surface area contributed by atoms with Crippen LogP contribution < -0.4 is 4.74 Å². The molecule has 15 heavy (non-hydrogen) atoms. The van der Waals surface area contributed by atoms with Gasteiger partial charge in [0.1, 0.15) is 10.4 Å². The van der Waals surface area contributed by atoms with E-state index in [4.69, 9.17) is 9.47 Å². The average molecular weight is 272 g/mol. The molecule has 0 aromatic carbocycles. The Morgan fingerprint density at radius 1 is 1.53 bits per heavy atom. The average Bonchev–Trinajstić information content (AvgIpc) is 2.74. The fourth-order valence-corrected chi connectivity index (χ4v) is 1.86. The third-order valence-corrected chi connectivity index (χ3v) is 2.90. The molecular formula is C11H14BrNO2. The SMILES string of the molecule is Brc1ccc(OCCC2CCCO2)cn1. The van der Waals surface area contributed by atoms with E-state index in [1.165, 1.54) is 12.8 Å². The van der Waals surface area contributed by atoms with Gasteiger partial charge in [-0.2, -0.15) is 0 Å². The van der Waals surface area contributed by atoms with Gasteiger partial charge in [-0.3, -0.25) is 0 Å². The van der Waals surface area contributed by atoms with Gasteiger partial charge in [-0.15, -0.1) is 0 Å². The summed E-state index contributed by atoms with van der Waals surface area (Å²) in [4.78, 5) is 4.09. The molecule has 0 spiro atoms. The van der Waals surface area contributed by atoms with Crippen LogP contribution in [-0.4, -0.2) is 24.3 Å². The highest BCUT2D eigenvalue weighted by atomic mass is 79.9. The molecule has 1 aliphatic heterocycles. The summed E-state index contributed by atoms with van der Waals surface area (Å²) >= 11 is 3.28. The molecule has 2 rings (SSSR count). The lowest BCUT2D eigenvalue weighted by atomic mass is 10.2. The first-order chi connectivity index (χ1) is 7.34. The van der Waals surface area contributed by atoms with Crippen LogP contribution >= 0.6 is 15.9 Å². The molecule has 1 fully saturated rings. The van der Waals surface area contributed by atoms with Crippen molar-refractivity contribution in [3.05, 3.63) is 22.9 Å². The maximum Gasteiger partial charge on any atom is 0.137 e. The molecule has 2 heterocycles. The quantitative estimate of drug-likeness (QED) is 0.790. The number of aromatic nitrogens is 1. The van der Waals surface area contributed by atoms with Crippen LogP contribution in [0.1, 0.15) is 19.3 Å². The maximum absolute atomic E-state index is 5.56. The van der Waals surface area contributed by atoms with Gasteiger partial charge in [0.2, 0.25) is 0 Å². The van der Waals surface area contributed by atoms with Crippen LogP contribution in [0.15, 0.2) is 22.9 Å². The highest BCUT2D eigenvalue weighted by Gasteiger charge is 2.14. The second kappa shape index (κ2) is 5.47. The molecule has 0 aliphatic carbocycles. The minimum absolute atomic E-state index is 0.397. The summed E-state index contributed by atoms with van der Waals surface area (Å²) in [5.74, 6) is 0.816. The number of pyridine rings is 1. The largest absolute Gasteiger partial charge is 0.492 e. The van der Waals surface area contributed by atoms with E-state index in [1.807, 2.05) is 12.1 Å². The first-order valence-corrected chi connectivity index (χ1v) is 6.00. The molecule has 82 valence electrons. The summed E-state index contributed by atoms with van der Waals surface area (Å²) in [6.45, 7) is 1.61. The Hall–Kier alpha value is -0.610. The molecular weight excluding hydrogens is 258 g/mol. The standard InChI is InChI=1S/C11H14BrNO2/c12-11-4-3-10(8-13-11)15-7-5-9-2-1-6-14-9/h3-4,8-9H,1-2,5-7H2. The van der Waals surface area contributed by atoms with Crippen LogP contribution in [-0.2, 0) is 4.74 Å². The molecule has 0 saturated carbocycles. The van der Waals surface area contributed by atoms with Crippen LogP contribution in [0, 0.1) is 0 Å². The van der Waals surface area contributed by atoms with Gasteiger partial charge in [-0.25, -0.2) is 4.98 Å². The molecule has 4 heteroatoms. The van der Waals surface area contributed by atoms with Crippen molar-refractivity contribution < 1.29 is 9.47 Å². The molecule has 1 unspecified atom stereocenters. The van der Waals surface area contributed by atoms with Crippen molar-refractivity contribution >= 4 is 15.9 Å². The fourth-order valence-electron chi connectivity index (χ4n) is 1.63. The summed E-state index contributed by atoms with van der Waals surface area (Å²) in [6.07, 6.45) is 5.44. The van der Waals surface area contributed by atoms with Crippen LogP contribution in [0.25, 0.3) is 0 Å². The maximum atomic E-state index is 5.56. The Morgan fingerprint density at radius 3 is 3.13 bits per heavy atom. The van der Waals surface area contributed by atoms with E-state index in [0.717, 1.165) is 23.4 Å². The van der Waals surface area contributed by atoms with E-state index in [2.05, 4.69) is 20.9 Å². The third kappa shape index (κ3) is 3.47. The van der Waals surface area contributed by atoms with Crippen molar-refractivity contribution in [2.75, 3.05) is 13.2 Å². The lowest BCUT2D eigenvalue weighted by molar-refractivity contribution is 0.0903. The van der Waals surface area contributed by atoms with E-state index in [9.17, 15) is 0 Å². The Bertz CT molecular complexity index is 296. The number of halogens is 1. The number of hydrogen-bond donors (Lipinski definition) is 0. The predicted octanol–water partition coefficient (Wildman–Crippen LogP) is 2.79. The van der Waals surface area contributed by atoms with Crippen LogP contribution in [0.4, 0.5) is 0 Å². The summed E-state index contributed by atoms with van der Waals surface area (Å²) in [5.41, 5.74) is 0. The van der Waals surface area contributed by atoms with Crippen molar-refractivity contribution in [3.8, 4) is 5.75 Å². The second-order valence-electron chi connectivity index (χ2n) is 3.59. The molecule has 0 amide bonds. The molecule has 0 bridgehead atoms. The monoisotopic (exact) mass is 271 g/mol. The zero-order valence-electron chi connectivity index (χ0n) is 8.49. The van der Waals surface area contributed by atoms with E-state index >= 15 is 0 Å². The summed E-state index contributed by atoms with van der Waals surface area (Å²) in [7, 11) is 0. The molecule has 1 atom stereocenters. The van der Waals surface area contributed by atoms with Gasteiger partial charge in [0.15, 0.2) is 0 Å². The van der Waals surface area contributed by atoms with Crippen molar-refractivity contribution in [1.82, 2.24) is 4.98 Å². The second-order valence-corrected chi connectivity index (χ2v) is 4.40. The van der Waals surface area contributed by atoms with Crippen LogP contribution in [0.3, 0.4) is 0 Å². The highest BCUT2D eigenvalue weighted by molar-refractivity contribution is 9.10. The normalized spacial score (nSPS) is 20.5. The van der Waals surface area contributed by atoms with Gasteiger partial charge in [-0.05, 0) is 40.9 Å². The number of nitrogens with zero attached hydrogens (tertiary/aromatic N) is 1. The predicted molar refractivity (Wildman–Crippen MR) is 61.0 cm³/mol. The summed E-state index contributed by atoms with van der Waals surface area (Å²) in [6, 6.07) is 3.79. The van der Waals surface area contributed by atoms with E-state index in [-0.39, 0.29) is 0 Å². The number of hydrogen-bond acceptors (Lipinski definition) is 3. The molecule has 0 radical (unpaired) electrons. The number of ether oxygens (including phenoxy) is 2. The van der Waals surface area contributed by atoms with Gasteiger partial charge in [0.05, 0.1) is 18.9 Å². The van der Waals surface area contributed by atoms with Crippen molar-refractivity contribution in [1.29, 1.82) is 0 Å². The van der Waals surface area contributed by atoms with Crippen molar-refractivity contribution in [3.63, 3.8) is 0 Å². The Morgan fingerprint density at radius 2 is 2.47 bits per heavy atom. The lowest BCUT2D eigenvalue weighted by Gasteiger charge is -2.10. The fraction of sp³-hybridized carbons (Fsp3) is 0.545. The zero-order valence-corrected chi connectivity index (χ0v) is 10.1. The Labute approximate surface area is 97.9 Å². The summed E-state index contributed by atoms with van der Waals surface area (Å²) < 4.78 is 11.9. The van der Waals surface area contributed by atoms with Gasteiger partial charge in [0.25, 0.3) is 0 Å². The third-order valence-electron chi connectivity index (χ3n) is 2.43. The zero-order chi connectivity index (χ0) is 10.5.